The maximum absolute atomic E-state index is 13.7. The highest BCUT2D eigenvalue weighted by Gasteiger charge is 2.86. The number of morpholine rings is 1. The molecule has 1 N–H and O–H groups in total. The van der Waals surface area contributed by atoms with Gasteiger partial charge in [-0.05, 0) is 20.8 Å². The molecule has 0 bridgehead atoms. The molecular formula is C11H17F2NO4. The summed E-state index contributed by atoms with van der Waals surface area (Å²) >= 11 is 0. The van der Waals surface area contributed by atoms with Crippen molar-refractivity contribution in [3.63, 3.8) is 0 Å². The van der Waals surface area contributed by atoms with Gasteiger partial charge in [0.15, 0.2) is 5.60 Å². The minimum atomic E-state index is -3.23. The number of aliphatic hydroxyl groups excluding tert-OH is 1. The van der Waals surface area contributed by atoms with E-state index < -0.39 is 35.9 Å². The molecule has 0 aromatic heterocycles. The lowest BCUT2D eigenvalue weighted by Crippen LogP contribution is -2.48. The normalized spacial score (nSPS) is 33.9. The van der Waals surface area contributed by atoms with E-state index in [0.717, 1.165) is 4.90 Å². The average Bonchev–Trinajstić information content (AvgIpc) is 2.74. The molecule has 0 radical (unpaired) electrons. The molecule has 2 atom stereocenters. The van der Waals surface area contributed by atoms with Crippen LogP contribution in [-0.2, 0) is 9.47 Å². The Labute approximate surface area is 104 Å². The van der Waals surface area contributed by atoms with Gasteiger partial charge in [-0.2, -0.15) is 0 Å². The summed E-state index contributed by atoms with van der Waals surface area (Å²) in [4.78, 5) is 12.8. The Morgan fingerprint density at radius 1 is 1.56 bits per heavy atom. The molecule has 0 aromatic carbocycles. The molecule has 1 saturated heterocycles. The summed E-state index contributed by atoms with van der Waals surface area (Å²) < 4.78 is 37.4. The summed E-state index contributed by atoms with van der Waals surface area (Å²) in [6, 6.07) is -1.43. The van der Waals surface area contributed by atoms with Crippen molar-refractivity contribution in [2.24, 2.45) is 0 Å². The molecule has 1 aliphatic heterocycles. The van der Waals surface area contributed by atoms with E-state index in [4.69, 9.17) is 14.6 Å². The van der Waals surface area contributed by atoms with Gasteiger partial charge in [-0.25, -0.2) is 13.6 Å². The van der Waals surface area contributed by atoms with Gasteiger partial charge in [0.05, 0.1) is 13.2 Å². The molecular weight excluding hydrogens is 248 g/mol. The van der Waals surface area contributed by atoms with Gasteiger partial charge in [0.1, 0.15) is 11.6 Å². The summed E-state index contributed by atoms with van der Waals surface area (Å²) in [7, 11) is 0. The largest absolute Gasteiger partial charge is 0.444 e. The molecule has 1 aliphatic carbocycles. The number of aliphatic hydroxyl groups is 1. The van der Waals surface area contributed by atoms with Crippen LogP contribution in [0, 0.1) is 0 Å². The molecule has 2 unspecified atom stereocenters. The van der Waals surface area contributed by atoms with Gasteiger partial charge in [-0.3, -0.25) is 4.90 Å². The van der Waals surface area contributed by atoms with E-state index >= 15 is 0 Å². The second-order valence-corrected chi connectivity index (χ2v) is 5.60. The van der Waals surface area contributed by atoms with Crippen molar-refractivity contribution < 1.29 is 28.2 Å². The minimum absolute atomic E-state index is 0.0358. The summed E-state index contributed by atoms with van der Waals surface area (Å²) in [6.07, 6.45) is -0.800. The van der Waals surface area contributed by atoms with Crippen LogP contribution >= 0.6 is 0 Å². The fourth-order valence-electron chi connectivity index (χ4n) is 2.25. The summed E-state index contributed by atoms with van der Waals surface area (Å²) in [5.74, 6) is -3.23. The number of ether oxygens (including phenoxy) is 2. The second kappa shape index (κ2) is 3.77. The zero-order valence-corrected chi connectivity index (χ0v) is 10.6. The fraction of sp³-hybridized carbons (Fsp3) is 0.909. The molecule has 104 valence electrons. The van der Waals surface area contributed by atoms with Gasteiger partial charge in [-0.1, -0.05) is 0 Å². The van der Waals surface area contributed by atoms with Gasteiger partial charge in [0.2, 0.25) is 0 Å². The molecule has 7 heteroatoms. The zero-order valence-electron chi connectivity index (χ0n) is 10.6. The van der Waals surface area contributed by atoms with Gasteiger partial charge >= 0.3 is 12.0 Å². The lowest BCUT2D eigenvalue weighted by atomic mass is 10.2. The Morgan fingerprint density at radius 2 is 2.17 bits per heavy atom. The van der Waals surface area contributed by atoms with Crippen LogP contribution in [0.5, 0.6) is 0 Å². The maximum Gasteiger partial charge on any atom is 0.410 e. The predicted molar refractivity (Wildman–Crippen MR) is 57.4 cm³/mol. The van der Waals surface area contributed by atoms with Crippen molar-refractivity contribution in [2.75, 3.05) is 19.8 Å². The van der Waals surface area contributed by atoms with Crippen LogP contribution in [0.1, 0.15) is 20.8 Å². The van der Waals surface area contributed by atoms with Gasteiger partial charge in [0, 0.05) is 6.54 Å². The topological polar surface area (TPSA) is 59.0 Å². The van der Waals surface area contributed by atoms with Crippen LogP contribution in [0.15, 0.2) is 0 Å². The van der Waals surface area contributed by atoms with Crippen molar-refractivity contribution in [1.29, 1.82) is 0 Å². The number of halogens is 2. The fourth-order valence-corrected chi connectivity index (χ4v) is 2.25. The number of hydrogen-bond acceptors (Lipinski definition) is 4. The standard InChI is InChI=1S/C11H17F2NO4/c1-9(2,3)18-8(16)14-4-5-17-10(6-15)7(14)11(10,12)13/h7,15H,4-6H2,1-3H3. The minimum Gasteiger partial charge on any atom is -0.444 e. The predicted octanol–water partition coefficient (Wildman–Crippen LogP) is 1.00. The first-order valence-corrected chi connectivity index (χ1v) is 5.78. The smallest absolute Gasteiger partial charge is 0.410 e. The first-order chi connectivity index (χ1) is 8.16. The van der Waals surface area contributed by atoms with Crippen LogP contribution in [0.2, 0.25) is 0 Å². The first-order valence-electron chi connectivity index (χ1n) is 5.78. The number of carbonyl (C=O) groups is 1. The monoisotopic (exact) mass is 265 g/mol. The second-order valence-electron chi connectivity index (χ2n) is 5.60. The summed E-state index contributed by atoms with van der Waals surface area (Å²) in [5, 5.41) is 9.08. The SMILES string of the molecule is CC(C)(C)OC(=O)N1CCOC2(CO)C1C2(F)F. The molecule has 5 nitrogen and oxygen atoms in total. The quantitative estimate of drug-likeness (QED) is 0.768. The third kappa shape index (κ3) is 1.76. The van der Waals surface area contributed by atoms with Gasteiger partial charge in [0.25, 0.3) is 0 Å². The highest BCUT2D eigenvalue weighted by molar-refractivity contribution is 5.70. The van der Waals surface area contributed by atoms with Crippen molar-refractivity contribution in [3.05, 3.63) is 0 Å². The van der Waals surface area contributed by atoms with Crippen LogP contribution in [-0.4, -0.2) is 59.0 Å². The molecule has 2 rings (SSSR count). The summed E-state index contributed by atoms with van der Waals surface area (Å²) in [6.45, 7) is 4.17. The van der Waals surface area contributed by atoms with E-state index in [-0.39, 0.29) is 13.2 Å². The number of rotatable bonds is 1. The first kappa shape index (κ1) is 13.5. The van der Waals surface area contributed by atoms with E-state index in [1.165, 1.54) is 0 Å². The van der Waals surface area contributed by atoms with Crippen LogP contribution in [0.3, 0.4) is 0 Å². The molecule has 0 spiro atoms. The highest BCUT2D eigenvalue weighted by Crippen LogP contribution is 2.59. The number of nitrogens with zero attached hydrogens (tertiary/aromatic N) is 1. The Morgan fingerprint density at radius 3 is 2.67 bits per heavy atom. The zero-order chi connectivity index (χ0) is 13.8. The van der Waals surface area contributed by atoms with E-state index in [2.05, 4.69) is 0 Å². The number of carbonyl (C=O) groups excluding carboxylic acids is 1. The van der Waals surface area contributed by atoms with Gasteiger partial charge < -0.3 is 14.6 Å². The Balaban J connectivity index is 2.14. The van der Waals surface area contributed by atoms with Crippen molar-refractivity contribution in [2.45, 2.75) is 43.9 Å². The molecule has 1 amide bonds. The van der Waals surface area contributed by atoms with Crippen molar-refractivity contribution >= 4 is 6.09 Å². The molecule has 2 aliphatic rings. The number of amides is 1. The number of fused-ring (bicyclic) bond motifs is 1. The molecule has 1 heterocycles. The van der Waals surface area contributed by atoms with Crippen LogP contribution < -0.4 is 0 Å². The van der Waals surface area contributed by atoms with E-state index in [1.807, 2.05) is 0 Å². The van der Waals surface area contributed by atoms with Crippen molar-refractivity contribution in [3.8, 4) is 0 Å². The molecule has 0 aromatic rings. The maximum atomic E-state index is 13.7. The van der Waals surface area contributed by atoms with E-state index in [0.29, 0.717) is 0 Å². The van der Waals surface area contributed by atoms with Crippen molar-refractivity contribution in [1.82, 2.24) is 4.90 Å². The lowest BCUT2D eigenvalue weighted by molar-refractivity contribution is -0.0949. The lowest BCUT2D eigenvalue weighted by Gasteiger charge is -2.31. The van der Waals surface area contributed by atoms with E-state index in [1.54, 1.807) is 20.8 Å². The highest BCUT2D eigenvalue weighted by atomic mass is 19.3. The average molecular weight is 265 g/mol. The third-order valence-electron chi connectivity index (χ3n) is 3.13. The molecule has 1 saturated carbocycles. The number of alkyl halides is 2. The summed E-state index contributed by atoms with van der Waals surface area (Å²) in [5.41, 5.74) is -2.69. The third-order valence-corrected chi connectivity index (χ3v) is 3.13. The Kier molecular flexibility index (Phi) is 2.82. The molecule has 2 fully saturated rings. The van der Waals surface area contributed by atoms with E-state index in [9.17, 15) is 13.6 Å². The van der Waals surface area contributed by atoms with Gasteiger partial charge in [-0.15, -0.1) is 0 Å². The van der Waals surface area contributed by atoms with Crippen LogP contribution in [0.25, 0.3) is 0 Å². The Hall–Kier alpha value is -0.950. The van der Waals surface area contributed by atoms with Crippen LogP contribution in [0.4, 0.5) is 13.6 Å². The number of hydrogen-bond donors (Lipinski definition) is 1. The Bertz CT molecular complexity index is 369. The molecule has 18 heavy (non-hydrogen) atoms.